The topological polar surface area (TPSA) is 95.9 Å². The number of thioether (sulfide) groups is 1. The lowest BCUT2D eigenvalue weighted by Gasteiger charge is -2.38. The van der Waals surface area contributed by atoms with Crippen LogP contribution in [-0.4, -0.2) is 21.2 Å². The molecule has 154 valence electrons. The average Bonchev–Trinajstić information content (AvgIpc) is 3.14. The SMILES string of the molecule is CC(C)Sc1nnc(N2C(N)=C(C#N)C(c3cccc(F)c3)C3=C2CCCC3=O)s1. The molecule has 0 saturated heterocycles. The monoisotopic (exact) mass is 441 g/mol. The minimum Gasteiger partial charge on any atom is -0.384 e. The second kappa shape index (κ2) is 8.20. The summed E-state index contributed by atoms with van der Waals surface area (Å²) < 4.78 is 14.8. The maximum Gasteiger partial charge on any atom is 0.219 e. The molecule has 0 amide bonds. The van der Waals surface area contributed by atoms with Gasteiger partial charge in [0.15, 0.2) is 10.1 Å². The molecule has 9 heteroatoms. The van der Waals surface area contributed by atoms with Crippen molar-refractivity contribution < 1.29 is 9.18 Å². The van der Waals surface area contributed by atoms with E-state index in [1.165, 1.54) is 23.5 Å². The number of nitrogens with two attached hydrogens (primary N) is 1. The fourth-order valence-electron chi connectivity index (χ4n) is 3.87. The van der Waals surface area contributed by atoms with Crippen LogP contribution in [-0.2, 0) is 4.79 Å². The van der Waals surface area contributed by atoms with Gasteiger partial charge >= 0.3 is 0 Å². The molecule has 0 fully saturated rings. The Labute approximate surface area is 182 Å². The lowest BCUT2D eigenvalue weighted by atomic mass is 9.76. The molecule has 30 heavy (non-hydrogen) atoms. The van der Waals surface area contributed by atoms with Crippen LogP contribution in [0.5, 0.6) is 0 Å². The van der Waals surface area contributed by atoms with Crippen LogP contribution in [0.3, 0.4) is 0 Å². The first-order valence-corrected chi connectivity index (χ1v) is 11.3. The van der Waals surface area contributed by atoms with Crippen molar-refractivity contribution in [3.05, 3.63) is 58.3 Å². The summed E-state index contributed by atoms with van der Waals surface area (Å²) in [4.78, 5) is 14.7. The van der Waals surface area contributed by atoms with Crippen LogP contribution in [0.1, 0.15) is 44.6 Å². The van der Waals surface area contributed by atoms with E-state index in [4.69, 9.17) is 5.73 Å². The summed E-state index contributed by atoms with van der Waals surface area (Å²) in [5, 5.41) is 19.3. The summed E-state index contributed by atoms with van der Waals surface area (Å²) in [5.41, 5.74) is 8.48. The van der Waals surface area contributed by atoms with E-state index in [2.05, 4.69) is 30.1 Å². The van der Waals surface area contributed by atoms with Gasteiger partial charge in [-0.05, 0) is 30.5 Å². The van der Waals surface area contributed by atoms with E-state index in [-0.39, 0.29) is 17.2 Å². The molecule has 0 radical (unpaired) electrons. The molecule has 2 heterocycles. The van der Waals surface area contributed by atoms with Crippen LogP contribution in [0.15, 0.2) is 51.3 Å². The van der Waals surface area contributed by atoms with Gasteiger partial charge in [0.2, 0.25) is 5.13 Å². The maximum absolute atomic E-state index is 14.0. The van der Waals surface area contributed by atoms with Crippen molar-refractivity contribution in [3.63, 3.8) is 0 Å². The maximum atomic E-state index is 14.0. The third-order valence-electron chi connectivity index (χ3n) is 5.02. The average molecular weight is 442 g/mol. The fraction of sp³-hybridized carbons (Fsp3) is 0.333. The first-order valence-electron chi connectivity index (χ1n) is 9.62. The number of Topliss-reactive ketones (excluding diaryl/α,β-unsaturated/α-hetero) is 1. The normalized spacial score (nSPS) is 19.4. The van der Waals surface area contributed by atoms with Gasteiger partial charge in [0, 0.05) is 22.9 Å². The molecule has 1 unspecified atom stereocenters. The van der Waals surface area contributed by atoms with Crippen LogP contribution in [0, 0.1) is 17.1 Å². The summed E-state index contributed by atoms with van der Waals surface area (Å²) in [7, 11) is 0. The number of anilines is 1. The van der Waals surface area contributed by atoms with Crippen LogP contribution in [0.25, 0.3) is 0 Å². The molecular weight excluding hydrogens is 421 g/mol. The standard InChI is InChI=1S/C21H20FN5OS2/c1-11(2)29-21-26-25-20(30-21)27-15-7-4-8-16(28)18(15)17(14(10-23)19(27)24)12-5-3-6-13(22)9-12/h3,5-6,9,11,17H,4,7-8,24H2,1-2H3. The third kappa shape index (κ3) is 3.61. The second-order valence-corrected chi connectivity index (χ2v) is 10.2. The zero-order valence-corrected chi connectivity index (χ0v) is 18.2. The van der Waals surface area contributed by atoms with Crippen LogP contribution in [0.2, 0.25) is 0 Å². The van der Waals surface area contributed by atoms with Gasteiger partial charge < -0.3 is 5.73 Å². The highest BCUT2D eigenvalue weighted by Crippen LogP contribution is 2.47. The second-order valence-electron chi connectivity index (χ2n) is 7.39. The van der Waals surface area contributed by atoms with Crippen molar-refractivity contribution in [1.29, 1.82) is 5.26 Å². The van der Waals surface area contributed by atoms with E-state index in [0.717, 1.165) is 10.0 Å². The number of nitrogens with zero attached hydrogens (tertiary/aromatic N) is 4. The first kappa shape index (κ1) is 20.6. The predicted octanol–water partition coefficient (Wildman–Crippen LogP) is 4.48. The highest BCUT2D eigenvalue weighted by molar-refractivity contribution is 8.01. The number of hydrogen-bond acceptors (Lipinski definition) is 8. The van der Waals surface area contributed by atoms with Crippen molar-refractivity contribution >= 4 is 34.0 Å². The van der Waals surface area contributed by atoms with Crippen molar-refractivity contribution in [2.75, 3.05) is 4.90 Å². The molecule has 1 aromatic carbocycles. The van der Waals surface area contributed by atoms with E-state index < -0.39 is 11.7 Å². The van der Waals surface area contributed by atoms with Gasteiger partial charge in [-0.3, -0.25) is 9.69 Å². The minimum absolute atomic E-state index is 0.0444. The number of ketones is 1. The fourth-order valence-corrected chi connectivity index (χ4v) is 5.97. The quantitative estimate of drug-likeness (QED) is 0.699. The predicted molar refractivity (Wildman–Crippen MR) is 115 cm³/mol. The third-order valence-corrected chi connectivity index (χ3v) is 7.02. The van der Waals surface area contributed by atoms with Crippen LogP contribution < -0.4 is 10.6 Å². The van der Waals surface area contributed by atoms with Gasteiger partial charge in [-0.25, -0.2) is 4.39 Å². The number of rotatable bonds is 4. The molecule has 2 N–H and O–H groups in total. The van der Waals surface area contributed by atoms with Gasteiger partial charge in [-0.2, -0.15) is 5.26 Å². The number of halogens is 1. The highest BCUT2D eigenvalue weighted by Gasteiger charge is 2.41. The van der Waals surface area contributed by atoms with Gasteiger partial charge in [0.05, 0.1) is 17.6 Å². The molecule has 1 aromatic heterocycles. The lowest BCUT2D eigenvalue weighted by Crippen LogP contribution is -2.38. The number of hydrogen-bond donors (Lipinski definition) is 1. The van der Waals surface area contributed by atoms with Gasteiger partial charge in [0.1, 0.15) is 11.6 Å². The van der Waals surface area contributed by atoms with Crippen molar-refractivity contribution in [2.45, 2.75) is 48.6 Å². The molecule has 0 bridgehead atoms. The van der Waals surface area contributed by atoms with Crippen LogP contribution in [0.4, 0.5) is 9.52 Å². The summed E-state index contributed by atoms with van der Waals surface area (Å²) in [6, 6.07) is 8.17. The highest BCUT2D eigenvalue weighted by atomic mass is 32.2. The van der Waals surface area contributed by atoms with Crippen LogP contribution >= 0.6 is 23.1 Å². The molecule has 0 saturated carbocycles. The first-order chi connectivity index (χ1) is 14.4. The number of nitriles is 1. The Morgan fingerprint density at radius 2 is 2.17 bits per heavy atom. The Balaban J connectivity index is 1.89. The molecule has 2 aromatic rings. The summed E-state index contributed by atoms with van der Waals surface area (Å²) in [6.45, 7) is 4.14. The molecule has 0 spiro atoms. The van der Waals surface area contributed by atoms with E-state index in [1.807, 2.05) is 0 Å². The number of carbonyl (C=O) groups is 1. The summed E-state index contributed by atoms with van der Waals surface area (Å²) in [5.74, 6) is -0.924. The molecule has 1 atom stereocenters. The van der Waals surface area contributed by atoms with Gasteiger partial charge in [0.25, 0.3) is 0 Å². The van der Waals surface area contributed by atoms with E-state index in [0.29, 0.717) is 40.8 Å². The molecule has 2 aliphatic rings. The molecular formula is C21H20FN5OS2. The molecule has 4 rings (SSSR count). The Bertz CT molecular complexity index is 1110. The minimum atomic E-state index is -0.679. The molecule has 6 nitrogen and oxygen atoms in total. The summed E-state index contributed by atoms with van der Waals surface area (Å²) >= 11 is 2.97. The summed E-state index contributed by atoms with van der Waals surface area (Å²) in [6.07, 6.45) is 1.70. The lowest BCUT2D eigenvalue weighted by molar-refractivity contribution is -0.116. The molecule has 1 aliphatic heterocycles. The van der Waals surface area contributed by atoms with E-state index in [1.54, 1.807) is 28.8 Å². The zero-order chi connectivity index (χ0) is 21.4. The van der Waals surface area contributed by atoms with Gasteiger partial charge in [-0.15, -0.1) is 10.2 Å². The zero-order valence-electron chi connectivity index (χ0n) is 16.6. The van der Waals surface area contributed by atoms with E-state index >= 15 is 0 Å². The van der Waals surface area contributed by atoms with Crippen molar-refractivity contribution in [2.24, 2.45) is 5.73 Å². The Kier molecular flexibility index (Phi) is 5.62. The Morgan fingerprint density at radius 1 is 1.37 bits per heavy atom. The number of allylic oxidation sites excluding steroid dienone is 3. The van der Waals surface area contributed by atoms with E-state index in [9.17, 15) is 14.4 Å². The molecule has 1 aliphatic carbocycles. The Morgan fingerprint density at radius 3 is 2.87 bits per heavy atom. The van der Waals surface area contributed by atoms with Crippen molar-refractivity contribution in [1.82, 2.24) is 10.2 Å². The number of aromatic nitrogens is 2. The smallest absolute Gasteiger partial charge is 0.219 e. The largest absolute Gasteiger partial charge is 0.384 e. The number of benzene rings is 1. The Hall–Kier alpha value is -2.70. The number of carbonyl (C=O) groups excluding carboxylic acids is 1. The van der Waals surface area contributed by atoms with Gasteiger partial charge in [-0.1, -0.05) is 49.1 Å². The van der Waals surface area contributed by atoms with Crippen molar-refractivity contribution in [3.8, 4) is 6.07 Å².